The van der Waals surface area contributed by atoms with E-state index in [4.69, 9.17) is 4.74 Å². The maximum Gasteiger partial charge on any atom is 0.243 e. The summed E-state index contributed by atoms with van der Waals surface area (Å²) in [5, 5.41) is 0. The van der Waals surface area contributed by atoms with E-state index < -0.39 is 15.8 Å². The molecule has 2 aromatic carbocycles. The van der Waals surface area contributed by atoms with Gasteiger partial charge in [-0.15, -0.1) is 0 Å². The molecule has 0 aliphatic carbocycles. The third kappa shape index (κ3) is 3.93. The lowest BCUT2D eigenvalue weighted by Gasteiger charge is -2.48. The molecule has 5 nitrogen and oxygen atoms in total. The summed E-state index contributed by atoms with van der Waals surface area (Å²) in [5.41, 5.74) is 1.05. The maximum absolute atomic E-state index is 13.3. The molecule has 0 spiro atoms. The van der Waals surface area contributed by atoms with Gasteiger partial charge >= 0.3 is 0 Å². The van der Waals surface area contributed by atoms with Crippen LogP contribution in [0.15, 0.2) is 53.4 Å². The second-order valence-electron chi connectivity index (χ2n) is 8.93. The van der Waals surface area contributed by atoms with Gasteiger partial charge in [-0.2, -0.15) is 4.31 Å². The molecule has 0 N–H and O–H groups in total. The van der Waals surface area contributed by atoms with Crippen LogP contribution in [0.1, 0.15) is 27.2 Å². The van der Waals surface area contributed by atoms with Crippen LogP contribution in [0.2, 0.25) is 0 Å². The number of fused-ring (bicyclic) bond motifs is 4. The van der Waals surface area contributed by atoms with E-state index in [1.165, 1.54) is 24.3 Å². The fraction of sp³-hybridized carbons (Fsp3) is 0.478. The van der Waals surface area contributed by atoms with Crippen LogP contribution < -0.4 is 9.64 Å². The number of anilines is 1. The van der Waals surface area contributed by atoms with Gasteiger partial charge in [0.05, 0.1) is 11.5 Å². The molecule has 2 bridgehead atoms. The summed E-state index contributed by atoms with van der Waals surface area (Å²) in [4.78, 5) is 2.50. The normalized spacial score (nSPS) is 23.9. The Kier molecular flexibility index (Phi) is 5.53. The average Bonchev–Trinajstić information content (AvgIpc) is 2.97. The molecule has 5 rings (SSSR count). The van der Waals surface area contributed by atoms with E-state index in [2.05, 4.69) is 30.9 Å². The standard InChI is InChI=1S/C23H29FN2O3S/c1-4-29-20-9-7-19(8-10-20)26-15-17-13-23(2,3)22(26)16-25(14-17)30(27,28)21-11-5-18(24)6-12-21/h5-12,17,22H,4,13-16H2,1-3H3/t17-,22?/m1/s1. The van der Waals surface area contributed by atoms with Crippen molar-refractivity contribution in [2.24, 2.45) is 11.3 Å². The first kappa shape index (κ1) is 21.1. The predicted octanol–water partition coefficient (Wildman–Crippen LogP) is 4.15. The molecule has 0 aromatic heterocycles. The molecule has 7 heteroatoms. The van der Waals surface area contributed by atoms with Crippen molar-refractivity contribution >= 4 is 15.7 Å². The van der Waals surface area contributed by atoms with Crippen LogP contribution in [0.3, 0.4) is 0 Å². The van der Waals surface area contributed by atoms with Gasteiger partial charge in [0.2, 0.25) is 10.0 Å². The van der Waals surface area contributed by atoms with Crippen molar-refractivity contribution in [2.75, 3.05) is 31.1 Å². The van der Waals surface area contributed by atoms with Crippen LogP contribution >= 0.6 is 0 Å². The highest BCUT2D eigenvalue weighted by Crippen LogP contribution is 2.44. The Morgan fingerprint density at radius 3 is 2.33 bits per heavy atom. The summed E-state index contributed by atoms with van der Waals surface area (Å²) in [6.45, 7) is 8.73. The van der Waals surface area contributed by atoms with Gasteiger partial charge in [0.15, 0.2) is 0 Å². The number of nitrogens with zero attached hydrogens (tertiary/aromatic N) is 2. The van der Waals surface area contributed by atoms with Crippen molar-refractivity contribution < 1.29 is 17.5 Å². The maximum atomic E-state index is 13.3. The fourth-order valence-electron chi connectivity index (χ4n) is 4.93. The lowest BCUT2D eigenvalue weighted by molar-refractivity contribution is 0.192. The number of rotatable bonds is 5. The van der Waals surface area contributed by atoms with E-state index in [9.17, 15) is 12.8 Å². The zero-order chi connectivity index (χ0) is 21.5. The molecule has 2 aromatic rings. The lowest BCUT2D eigenvalue weighted by atomic mass is 9.73. The molecule has 0 amide bonds. The smallest absolute Gasteiger partial charge is 0.243 e. The monoisotopic (exact) mass is 432 g/mol. The number of ether oxygens (including phenoxy) is 1. The van der Waals surface area contributed by atoms with Gasteiger partial charge in [0, 0.05) is 31.4 Å². The quantitative estimate of drug-likeness (QED) is 0.712. The SMILES string of the molecule is CCOc1ccc(N2C[C@H]3CN(S(=O)(=O)c4ccc(F)cc4)CC2C(C)(C)C3)cc1. The number of hydrogen-bond acceptors (Lipinski definition) is 4. The summed E-state index contributed by atoms with van der Waals surface area (Å²) >= 11 is 0. The molecule has 162 valence electrons. The fourth-order valence-corrected chi connectivity index (χ4v) is 6.46. The third-order valence-electron chi connectivity index (χ3n) is 6.32. The number of sulfonamides is 1. The van der Waals surface area contributed by atoms with E-state index in [-0.39, 0.29) is 22.3 Å². The van der Waals surface area contributed by atoms with Gasteiger partial charge in [-0.1, -0.05) is 13.8 Å². The third-order valence-corrected chi connectivity index (χ3v) is 8.16. The Hall–Kier alpha value is -2.12. The molecular weight excluding hydrogens is 403 g/mol. The van der Waals surface area contributed by atoms with Crippen molar-refractivity contribution in [1.82, 2.24) is 4.31 Å². The Morgan fingerprint density at radius 1 is 1.03 bits per heavy atom. The highest BCUT2D eigenvalue weighted by atomic mass is 32.2. The molecule has 3 fully saturated rings. The van der Waals surface area contributed by atoms with Crippen LogP contribution in [-0.2, 0) is 10.0 Å². The first-order valence-electron chi connectivity index (χ1n) is 10.5. The van der Waals surface area contributed by atoms with Crippen molar-refractivity contribution in [3.8, 4) is 5.75 Å². The van der Waals surface area contributed by atoms with Gasteiger partial charge in [0.25, 0.3) is 0 Å². The van der Waals surface area contributed by atoms with Crippen LogP contribution in [0.25, 0.3) is 0 Å². The molecule has 3 saturated heterocycles. The highest BCUT2D eigenvalue weighted by molar-refractivity contribution is 7.89. The molecule has 0 saturated carbocycles. The zero-order valence-electron chi connectivity index (χ0n) is 17.7. The molecule has 2 atom stereocenters. The second kappa shape index (κ2) is 7.85. The van der Waals surface area contributed by atoms with Gasteiger partial charge in [-0.3, -0.25) is 0 Å². The van der Waals surface area contributed by atoms with Gasteiger partial charge in [-0.05, 0) is 73.2 Å². The average molecular weight is 433 g/mol. The minimum absolute atomic E-state index is 0.0332. The summed E-state index contributed by atoms with van der Waals surface area (Å²) in [5.74, 6) is 0.620. The molecule has 3 aliphatic rings. The summed E-state index contributed by atoms with van der Waals surface area (Å²) in [7, 11) is -3.68. The van der Waals surface area contributed by atoms with E-state index in [1.54, 1.807) is 4.31 Å². The van der Waals surface area contributed by atoms with E-state index in [1.807, 2.05) is 19.1 Å². The molecule has 0 radical (unpaired) electrons. The molecule has 1 unspecified atom stereocenters. The Labute approximate surface area is 178 Å². The minimum atomic E-state index is -3.68. The Morgan fingerprint density at radius 2 is 1.70 bits per heavy atom. The molecule has 30 heavy (non-hydrogen) atoms. The van der Waals surface area contributed by atoms with Gasteiger partial charge in [-0.25, -0.2) is 12.8 Å². The number of benzene rings is 2. The largest absolute Gasteiger partial charge is 0.494 e. The number of hydrogen-bond donors (Lipinski definition) is 0. The van der Waals surface area contributed by atoms with E-state index in [0.29, 0.717) is 19.7 Å². The second-order valence-corrected chi connectivity index (χ2v) is 10.9. The van der Waals surface area contributed by atoms with Crippen LogP contribution in [0.5, 0.6) is 5.75 Å². The topological polar surface area (TPSA) is 49.9 Å². The van der Waals surface area contributed by atoms with Crippen molar-refractivity contribution in [1.29, 1.82) is 0 Å². The lowest BCUT2D eigenvalue weighted by Crippen LogP contribution is -2.54. The molecule has 3 aliphatic heterocycles. The van der Waals surface area contributed by atoms with Crippen molar-refractivity contribution in [3.63, 3.8) is 0 Å². The predicted molar refractivity (Wildman–Crippen MR) is 116 cm³/mol. The summed E-state index contributed by atoms with van der Waals surface area (Å²) in [6.07, 6.45) is 0.973. The summed E-state index contributed by atoms with van der Waals surface area (Å²) in [6, 6.07) is 13.2. The minimum Gasteiger partial charge on any atom is -0.494 e. The van der Waals surface area contributed by atoms with E-state index >= 15 is 0 Å². The van der Waals surface area contributed by atoms with Crippen LogP contribution in [0, 0.1) is 17.2 Å². The first-order chi connectivity index (χ1) is 14.2. The Bertz CT molecular complexity index is 990. The number of halogens is 1. The van der Waals surface area contributed by atoms with Crippen LogP contribution in [0.4, 0.5) is 10.1 Å². The van der Waals surface area contributed by atoms with Crippen LogP contribution in [-0.4, -0.2) is 45.0 Å². The zero-order valence-corrected chi connectivity index (χ0v) is 18.5. The van der Waals surface area contributed by atoms with Gasteiger partial charge in [0.1, 0.15) is 11.6 Å². The van der Waals surface area contributed by atoms with E-state index in [0.717, 1.165) is 24.4 Å². The highest BCUT2D eigenvalue weighted by Gasteiger charge is 2.48. The molecule has 3 heterocycles. The van der Waals surface area contributed by atoms with Gasteiger partial charge < -0.3 is 9.64 Å². The first-order valence-corrected chi connectivity index (χ1v) is 11.9. The molecular formula is C23H29FN2O3S. The number of piperidine rings is 1. The summed E-state index contributed by atoms with van der Waals surface area (Å²) < 4.78 is 47.1. The Balaban J connectivity index is 1.65. The van der Waals surface area contributed by atoms with Crippen molar-refractivity contribution in [3.05, 3.63) is 54.3 Å². The van der Waals surface area contributed by atoms with Crippen molar-refractivity contribution in [2.45, 2.75) is 38.1 Å².